The van der Waals surface area contributed by atoms with Crippen LogP contribution in [0.1, 0.15) is 21.5 Å². The molecule has 1 amide bonds. The fourth-order valence-corrected chi connectivity index (χ4v) is 3.69. The Morgan fingerprint density at radius 3 is 2.84 bits per heavy atom. The van der Waals surface area contributed by atoms with Gasteiger partial charge in [0.15, 0.2) is 0 Å². The van der Waals surface area contributed by atoms with Gasteiger partial charge in [0.05, 0.1) is 12.2 Å². The van der Waals surface area contributed by atoms with Crippen molar-refractivity contribution in [2.45, 2.75) is 13.0 Å². The minimum absolute atomic E-state index is 0.0242. The third-order valence-electron chi connectivity index (χ3n) is 4.87. The number of rotatable bonds is 3. The number of pyridine rings is 1. The molecule has 0 radical (unpaired) electrons. The molecule has 0 unspecified atom stereocenters. The molecule has 130 valence electrons. The summed E-state index contributed by atoms with van der Waals surface area (Å²) in [4.78, 5) is 19.8. The zero-order chi connectivity index (χ0) is 17.2. The molecule has 1 aromatic heterocycles. The first-order valence-electron chi connectivity index (χ1n) is 8.64. The number of amides is 1. The maximum Gasteiger partial charge on any atom is 0.256 e. The van der Waals surface area contributed by atoms with Crippen LogP contribution in [0.25, 0.3) is 0 Å². The van der Waals surface area contributed by atoms with Crippen LogP contribution in [0.3, 0.4) is 0 Å². The number of benzene rings is 1. The number of nitrogens with one attached hydrogen (secondary N) is 1. The molecule has 0 atom stereocenters. The lowest BCUT2D eigenvalue weighted by Crippen LogP contribution is -2.48. The number of carbonyl (C=O) groups excluding carboxylic acids is 1. The van der Waals surface area contributed by atoms with Gasteiger partial charge in [0, 0.05) is 45.3 Å². The zero-order valence-corrected chi connectivity index (χ0v) is 14.8. The van der Waals surface area contributed by atoms with Crippen LogP contribution < -0.4 is 4.74 Å². The minimum Gasteiger partial charge on any atom is -0.493 e. The van der Waals surface area contributed by atoms with Gasteiger partial charge in [-0.3, -0.25) is 9.69 Å². The van der Waals surface area contributed by atoms with Crippen molar-refractivity contribution in [3.63, 3.8) is 0 Å². The van der Waals surface area contributed by atoms with Crippen molar-refractivity contribution in [3.8, 4) is 5.75 Å². The summed E-state index contributed by atoms with van der Waals surface area (Å²) in [6.07, 6.45) is 2.75. The summed E-state index contributed by atoms with van der Waals surface area (Å²) < 4.78 is 6.08. The van der Waals surface area contributed by atoms with Crippen molar-refractivity contribution in [3.05, 3.63) is 57.9 Å². The van der Waals surface area contributed by atoms with Crippen molar-refractivity contribution >= 4 is 18.1 Å². The van der Waals surface area contributed by atoms with Gasteiger partial charge in [0.2, 0.25) is 0 Å². The molecule has 1 aromatic carbocycles. The summed E-state index contributed by atoms with van der Waals surface area (Å²) in [7, 11) is 0. The van der Waals surface area contributed by atoms with E-state index in [0.29, 0.717) is 10.2 Å². The number of nitrogens with zero attached hydrogens (tertiary/aromatic N) is 2. The molecule has 1 saturated heterocycles. The van der Waals surface area contributed by atoms with Crippen LogP contribution in [0.5, 0.6) is 5.75 Å². The molecule has 0 saturated carbocycles. The molecule has 4 rings (SSSR count). The number of H-pyrrole nitrogens is 1. The van der Waals surface area contributed by atoms with Crippen LogP contribution in [0.15, 0.2) is 36.5 Å². The number of aromatic nitrogens is 1. The zero-order valence-electron chi connectivity index (χ0n) is 14.0. The quantitative estimate of drug-likeness (QED) is 0.860. The number of piperazine rings is 1. The molecular weight excluding hydrogens is 334 g/mol. The second kappa shape index (κ2) is 6.98. The van der Waals surface area contributed by atoms with Crippen molar-refractivity contribution in [2.75, 3.05) is 32.8 Å². The summed E-state index contributed by atoms with van der Waals surface area (Å²) in [5, 5.41) is 0. The Morgan fingerprint density at radius 1 is 1.20 bits per heavy atom. The minimum atomic E-state index is 0.0242. The first-order valence-corrected chi connectivity index (χ1v) is 9.05. The molecule has 2 aliphatic rings. The number of carbonyl (C=O) groups is 1. The topological polar surface area (TPSA) is 48.6 Å². The Morgan fingerprint density at radius 2 is 2.04 bits per heavy atom. The number of aromatic amines is 1. The first-order chi connectivity index (χ1) is 12.2. The van der Waals surface area contributed by atoms with Crippen molar-refractivity contribution in [1.82, 2.24) is 14.8 Å². The lowest BCUT2D eigenvalue weighted by molar-refractivity contribution is 0.0627. The van der Waals surface area contributed by atoms with E-state index in [-0.39, 0.29) is 5.91 Å². The van der Waals surface area contributed by atoms with Gasteiger partial charge in [0.1, 0.15) is 10.4 Å². The fourth-order valence-electron chi connectivity index (χ4n) is 3.47. The second-order valence-electron chi connectivity index (χ2n) is 6.52. The Kier molecular flexibility index (Phi) is 4.55. The molecule has 0 spiro atoms. The highest BCUT2D eigenvalue weighted by molar-refractivity contribution is 7.71. The van der Waals surface area contributed by atoms with E-state index in [9.17, 15) is 4.79 Å². The van der Waals surface area contributed by atoms with Gasteiger partial charge in [0.25, 0.3) is 5.91 Å². The maximum atomic E-state index is 12.6. The lowest BCUT2D eigenvalue weighted by atomic mass is 10.1. The number of ether oxygens (including phenoxy) is 1. The monoisotopic (exact) mass is 355 g/mol. The molecule has 1 fully saturated rings. The molecule has 2 aromatic rings. The molecule has 0 bridgehead atoms. The largest absolute Gasteiger partial charge is 0.493 e. The summed E-state index contributed by atoms with van der Waals surface area (Å²) >= 11 is 5.22. The van der Waals surface area contributed by atoms with E-state index in [2.05, 4.69) is 28.1 Å². The Hall–Kier alpha value is -2.18. The molecule has 3 heterocycles. The van der Waals surface area contributed by atoms with Gasteiger partial charge >= 0.3 is 0 Å². The average molecular weight is 355 g/mol. The average Bonchev–Trinajstić information content (AvgIpc) is 3.10. The molecule has 5 nitrogen and oxygen atoms in total. The highest BCUT2D eigenvalue weighted by Crippen LogP contribution is 2.26. The number of fused-ring (bicyclic) bond motifs is 1. The van der Waals surface area contributed by atoms with Gasteiger partial charge in [-0.1, -0.05) is 24.4 Å². The van der Waals surface area contributed by atoms with E-state index < -0.39 is 0 Å². The van der Waals surface area contributed by atoms with E-state index in [1.807, 2.05) is 11.0 Å². The summed E-state index contributed by atoms with van der Waals surface area (Å²) in [5.41, 5.74) is 3.21. The third-order valence-corrected chi connectivity index (χ3v) is 5.21. The van der Waals surface area contributed by atoms with Gasteiger partial charge in [-0.25, -0.2) is 0 Å². The van der Waals surface area contributed by atoms with Gasteiger partial charge in [-0.2, -0.15) is 0 Å². The number of hydrogen-bond donors (Lipinski definition) is 1. The highest BCUT2D eigenvalue weighted by atomic mass is 32.1. The van der Waals surface area contributed by atoms with Crippen LogP contribution >= 0.6 is 12.2 Å². The van der Waals surface area contributed by atoms with Crippen LogP contribution in [0.4, 0.5) is 0 Å². The highest BCUT2D eigenvalue weighted by Gasteiger charge is 2.23. The predicted molar refractivity (Wildman–Crippen MR) is 98.4 cm³/mol. The third kappa shape index (κ3) is 3.45. The predicted octanol–water partition coefficient (Wildman–Crippen LogP) is 2.64. The maximum absolute atomic E-state index is 12.6. The van der Waals surface area contributed by atoms with Gasteiger partial charge < -0.3 is 14.6 Å². The first kappa shape index (κ1) is 16.3. The Balaban J connectivity index is 1.36. The molecule has 1 N–H and O–H groups in total. The van der Waals surface area contributed by atoms with Crippen LogP contribution in [0, 0.1) is 4.64 Å². The normalized spacial score (nSPS) is 17.2. The second-order valence-corrected chi connectivity index (χ2v) is 6.93. The molecule has 25 heavy (non-hydrogen) atoms. The summed E-state index contributed by atoms with van der Waals surface area (Å²) in [5.74, 6) is 1.05. The summed E-state index contributed by atoms with van der Waals surface area (Å²) in [6, 6.07) is 10.1. The standard InChI is InChI=1S/C19H21N3O2S/c23-19(16-2-1-6-20-18(16)25)22-9-7-21(8-10-22)13-14-3-4-17-15(12-14)5-11-24-17/h1-4,6,12H,5,7-11,13H2,(H,20,25). The van der Waals surface area contributed by atoms with Crippen LogP contribution in [-0.2, 0) is 13.0 Å². The van der Waals surface area contributed by atoms with E-state index in [0.717, 1.165) is 51.5 Å². The summed E-state index contributed by atoms with van der Waals surface area (Å²) in [6.45, 7) is 4.93. The van der Waals surface area contributed by atoms with Crippen molar-refractivity contribution < 1.29 is 9.53 Å². The van der Waals surface area contributed by atoms with Crippen LogP contribution in [0.2, 0.25) is 0 Å². The Bertz CT molecular complexity index is 841. The molecular formula is C19H21N3O2S. The molecule has 6 heteroatoms. The van der Waals surface area contributed by atoms with Crippen molar-refractivity contribution in [1.29, 1.82) is 0 Å². The van der Waals surface area contributed by atoms with E-state index in [1.54, 1.807) is 12.3 Å². The van der Waals surface area contributed by atoms with Gasteiger partial charge in [-0.05, 0) is 29.3 Å². The van der Waals surface area contributed by atoms with Gasteiger partial charge in [-0.15, -0.1) is 0 Å². The number of hydrogen-bond acceptors (Lipinski definition) is 4. The van der Waals surface area contributed by atoms with Crippen LogP contribution in [-0.4, -0.2) is 53.5 Å². The van der Waals surface area contributed by atoms with E-state index >= 15 is 0 Å². The smallest absolute Gasteiger partial charge is 0.256 e. The van der Waals surface area contributed by atoms with Crippen molar-refractivity contribution in [2.24, 2.45) is 0 Å². The lowest BCUT2D eigenvalue weighted by Gasteiger charge is -2.34. The van der Waals surface area contributed by atoms with E-state index in [4.69, 9.17) is 17.0 Å². The molecule has 0 aliphatic carbocycles. The Labute approximate surface area is 152 Å². The fraction of sp³-hybridized carbons (Fsp3) is 0.368. The molecule has 2 aliphatic heterocycles. The van der Waals surface area contributed by atoms with E-state index in [1.165, 1.54) is 11.1 Å². The SMILES string of the molecule is O=C(c1ccc[nH]c1=S)N1CCN(Cc2ccc3c(c2)CCO3)CC1.